The van der Waals surface area contributed by atoms with Gasteiger partial charge in [-0.3, -0.25) is 9.59 Å². The van der Waals surface area contributed by atoms with Gasteiger partial charge in [0.25, 0.3) is 5.91 Å². The van der Waals surface area contributed by atoms with Crippen molar-refractivity contribution in [2.24, 2.45) is 0 Å². The number of hydrogen-bond acceptors (Lipinski definition) is 3. The normalized spacial score (nSPS) is 14.3. The lowest BCUT2D eigenvalue weighted by Crippen LogP contribution is -2.34. The van der Waals surface area contributed by atoms with Crippen molar-refractivity contribution in [1.82, 2.24) is 9.47 Å². The van der Waals surface area contributed by atoms with E-state index < -0.39 is 5.97 Å². The van der Waals surface area contributed by atoms with E-state index in [1.54, 1.807) is 26.2 Å². The van der Waals surface area contributed by atoms with Crippen LogP contribution in [0.3, 0.4) is 0 Å². The number of hydrogen-bond donors (Lipinski definition) is 0. The van der Waals surface area contributed by atoms with Crippen LogP contribution in [0.1, 0.15) is 36.3 Å². The number of amides is 1. The van der Waals surface area contributed by atoms with Gasteiger partial charge in [0.2, 0.25) is 0 Å². The Kier molecular flexibility index (Phi) is 4.14. The Balaban J connectivity index is 2.08. The van der Waals surface area contributed by atoms with Crippen LogP contribution in [-0.2, 0) is 9.53 Å². The molecule has 0 bridgehead atoms. The van der Waals surface area contributed by atoms with Crippen molar-refractivity contribution in [3.05, 3.63) is 23.0 Å². The maximum absolute atomic E-state index is 12.3. The Labute approximate surface area is 117 Å². The van der Waals surface area contributed by atoms with Crippen molar-refractivity contribution in [2.75, 3.05) is 20.2 Å². The molecule has 1 aliphatic carbocycles. The second kappa shape index (κ2) is 5.65. The highest BCUT2D eigenvalue weighted by molar-refractivity contribution is 6.31. The van der Waals surface area contributed by atoms with E-state index in [1.807, 2.05) is 4.57 Å². The summed E-state index contributed by atoms with van der Waals surface area (Å²) in [5.74, 6) is -0.624. The molecule has 6 heteroatoms. The molecule has 0 saturated heterocycles. The summed E-state index contributed by atoms with van der Waals surface area (Å²) in [6.45, 7) is 1.99. The van der Waals surface area contributed by atoms with E-state index in [9.17, 15) is 9.59 Å². The quantitative estimate of drug-likeness (QED) is 0.778. The minimum absolute atomic E-state index is 0.0554. The van der Waals surface area contributed by atoms with Crippen LogP contribution in [0.5, 0.6) is 0 Å². The van der Waals surface area contributed by atoms with E-state index in [0.29, 0.717) is 23.4 Å². The predicted molar refractivity (Wildman–Crippen MR) is 71.3 cm³/mol. The first-order valence-corrected chi connectivity index (χ1v) is 6.69. The number of nitrogens with zero attached hydrogens (tertiary/aromatic N) is 2. The second-order valence-electron chi connectivity index (χ2n) is 4.65. The average molecular weight is 285 g/mol. The largest absolute Gasteiger partial charge is 0.465 e. The minimum atomic E-state index is -0.408. The SMILES string of the molecule is CCOC(=O)CN(C)C(=O)c1cc(Cl)cn1C1CC1. The molecule has 0 N–H and O–H groups in total. The maximum Gasteiger partial charge on any atom is 0.325 e. The third kappa shape index (κ3) is 3.29. The zero-order chi connectivity index (χ0) is 14.0. The summed E-state index contributed by atoms with van der Waals surface area (Å²) < 4.78 is 6.72. The number of ether oxygens (including phenoxy) is 1. The molecule has 1 heterocycles. The van der Waals surface area contributed by atoms with Gasteiger partial charge in [-0.15, -0.1) is 0 Å². The molecule has 1 saturated carbocycles. The fraction of sp³-hybridized carbons (Fsp3) is 0.538. The van der Waals surface area contributed by atoms with E-state index in [4.69, 9.17) is 16.3 Å². The fourth-order valence-electron chi connectivity index (χ4n) is 1.94. The molecule has 104 valence electrons. The summed E-state index contributed by atoms with van der Waals surface area (Å²) in [4.78, 5) is 25.0. The van der Waals surface area contributed by atoms with Gasteiger partial charge in [-0.1, -0.05) is 11.6 Å². The number of aromatic nitrogens is 1. The number of likely N-dealkylation sites (N-methyl/N-ethyl adjacent to an activating group) is 1. The van der Waals surface area contributed by atoms with Gasteiger partial charge < -0.3 is 14.2 Å². The standard InChI is InChI=1S/C13H17ClN2O3/c1-3-19-12(17)8-15(2)13(18)11-6-9(14)7-16(11)10-4-5-10/h6-7,10H,3-5,8H2,1-2H3. The number of carbonyl (C=O) groups excluding carboxylic acids is 2. The van der Waals surface area contributed by atoms with E-state index in [2.05, 4.69) is 0 Å². The third-order valence-corrected chi connectivity index (χ3v) is 3.20. The van der Waals surface area contributed by atoms with Crippen LogP contribution in [0.4, 0.5) is 0 Å². The topological polar surface area (TPSA) is 51.5 Å². The Morgan fingerprint density at radius 2 is 2.21 bits per heavy atom. The van der Waals surface area contributed by atoms with Crippen molar-refractivity contribution in [3.8, 4) is 0 Å². The van der Waals surface area contributed by atoms with Crippen LogP contribution in [0.15, 0.2) is 12.3 Å². The first kappa shape index (κ1) is 13.9. The molecule has 1 amide bonds. The third-order valence-electron chi connectivity index (χ3n) is 2.99. The first-order chi connectivity index (χ1) is 9.02. The smallest absolute Gasteiger partial charge is 0.325 e. The van der Waals surface area contributed by atoms with E-state index in [0.717, 1.165) is 12.8 Å². The van der Waals surface area contributed by atoms with E-state index >= 15 is 0 Å². The summed E-state index contributed by atoms with van der Waals surface area (Å²) in [5.41, 5.74) is 0.527. The zero-order valence-corrected chi connectivity index (χ0v) is 11.8. The Morgan fingerprint density at radius 1 is 1.53 bits per heavy atom. The van der Waals surface area contributed by atoms with Crippen LogP contribution in [-0.4, -0.2) is 41.5 Å². The average Bonchev–Trinajstić information content (AvgIpc) is 3.12. The Hall–Kier alpha value is -1.49. The number of esters is 1. The molecule has 0 radical (unpaired) electrons. The van der Waals surface area contributed by atoms with Crippen molar-refractivity contribution < 1.29 is 14.3 Å². The Morgan fingerprint density at radius 3 is 2.79 bits per heavy atom. The van der Waals surface area contributed by atoms with Crippen LogP contribution < -0.4 is 0 Å². The van der Waals surface area contributed by atoms with Gasteiger partial charge in [0.1, 0.15) is 12.2 Å². The predicted octanol–water partition coefficient (Wildman–Crippen LogP) is 2.11. The minimum Gasteiger partial charge on any atom is -0.465 e. The molecule has 0 atom stereocenters. The summed E-state index contributed by atoms with van der Waals surface area (Å²) in [5, 5.41) is 0.541. The molecule has 1 aromatic heterocycles. The summed E-state index contributed by atoms with van der Waals surface area (Å²) in [6, 6.07) is 2.01. The molecule has 0 aliphatic heterocycles. The Bertz CT molecular complexity index is 494. The number of rotatable bonds is 5. The molecule has 5 nitrogen and oxygen atoms in total. The number of carbonyl (C=O) groups is 2. The van der Waals surface area contributed by atoms with Crippen LogP contribution >= 0.6 is 11.6 Å². The fourth-order valence-corrected chi connectivity index (χ4v) is 2.15. The lowest BCUT2D eigenvalue weighted by molar-refractivity contribution is -0.143. The summed E-state index contributed by atoms with van der Waals surface area (Å²) in [6.07, 6.45) is 3.89. The highest BCUT2D eigenvalue weighted by Gasteiger charge is 2.29. The maximum atomic E-state index is 12.3. The van der Waals surface area contributed by atoms with Crippen LogP contribution in [0.25, 0.3) is 0 Å². The molecule has 19 heavy (non-hydrogen) atoms. The van der Waals surface area contributed by atoms with E-state index in [-0.39, 0.29) is 12.5 Å². The molecular weight excluding hydrogens is 268 g/mol. The summed E-state index contributed by atoms with van der Waals surface area (Å²) >= 11 is 5.96. The zero-order valence-electron chi connectivity index (χ0n) is 11.1. The van der Waals surface area contributed by atoms with Crippen molar-refractivity contribution in [1.29, 1.82) is 0 Å². The van der Waals surface area contributed by atoms with Gasteiger partial charge in [0.05, 0.1) is 11.6 Å². The molecule has 0 unspecified atom stereocenters. The van der Waals surface area contributed by atoms with Gasteiger partial charge in [0, 0.05) is 19.3 Å². The molecule has 1 aromatic rings. The molecule has 0 spiro atoms. The molecule has 1 aliphatic rings. The summed E-state index contributed by atoms with van der Waals surface area (Å²) in [7, 11) is 1.58. The lowest BCUT2D eigenvalue weighted by atomic mass is 10.3. The monoisotopic (exact) mass is 284 g/mol. The van der Waals surface area contributed by atoms with Crippen molar-refractivity contribution in [2.45, 2.75) is 25.8 Å². The van der Waals surface area contributed by atoms with E-state index in [1.165, 1.54) is 4.90 Å². The van der Waals surface area contributed by atoms with Gasteiger partial charge in [-0.05, 0) is 25.8 Å². The van der Waals surface area contributed by atoms with Gasteiger partial charge in [0.15, 0.2) is 0 Å². The number of halogens is 1. The highest BCUT2D eigenvalue weighted by atomic mass is 35.5. The highest BCUT2D eigenvalue weighted by Crippen LogP contribution is 2.37. The lowest BCUT2D eigenvalue weighted by Gasteiger charge is -2.17. The molecule has 2 rings (SSSR count). The van der Waals surface area contributed by atoms with Gasteiger partial charge in [-0.2, -0.15) is 0 Å². The van der Waals surface area contributed by atoms with Gasteiger partial charge in [-0.25, -0.2) is 0 Å². The van der Waals surface area contributed by atoms with Crippen LogP contribution in [0.2, 0.25) is 5.02 Å². The molecule has 0 aromatic carbocycles. The molecular formula is C13H17ClN2O3. The molecule has 1 fully saturated rings. The van der Waals surface area contributed by atoms with Gasteiger partial charge >= 0.3 is 5.97 Å². The van der Waals surface area contributed by atoms with Crippen molar-refractivity contribution >= 4 is 23.5 Å². The first-order valence-electron chi connectivity index (χ1n) is 6.31. The second-order valence-corrected chi connectivity index (χ2v) is 5.08. The van der Waals surface area contributed by atoms with Crippen LogP contribution in [0, 0.1) is 0 Å². The van der Waals surface area contributed by atoms with Crippen molar-refractivity contribution in [3.63, 3.8) is 0 Å².